The minimum Gasteiger partial charge on any atom is -0.356 e. The summed E-state index contributed by atoms with van der Waals surface area (Å²) in [5, 5.41) is 3.22. The van der Waals surface area contributed by atoms with Gasteiger partial charge < -0.3 is 5.32 Å². The van der Waals surface area contributed by atoms with Gasteiger partial charge in [0.15, 0.2) is 0 Å². The molecule has 100 valence electrons. The number of nitrogens with one attached hydrogen (secondary N) is 2. The SMILES string of the molecule is CS(=O)(=O)ONc1ccc(Nc2ccccc2)cc1. The molecule has 0 radical (unpaired) electrons. The van der Waals surface area contributed by atoms with Crippen LogP contribution in [-0.4, -0.2) is 14.7 Å². The molecule has 0 saturated carbocycles. The summed E-state index contributed by atoms with van der Waals surface area (Å²) in [4.78, 5) is 0. The average Bonchev–Trinajstić information content (AvgIpc) is 2.38. The first kappa shape index (κ1) is 13.4. The Morgan fingerprint density at radius 3 is 1.95 bits per heavy atom. The van der Waals surface area contributed by atoms with E-state index in [0.717, 1.165) is 17.6 Å². The van der Waals surface area contributed by atoms with Crippen LogP contribution in [0.15, 0.2) is 54.6 Å². The van der Waals surface area contributed by atoms with E-state index in [4.69, 9.17) is 0 Å². The van der Waals surface area contributed by atoms with Crippen LogP contribution in [0.25, 0.3) is 0 Å². The van der Waals surface area contributed by atoms with Crippen molar-refractivity contribution in [2.45, 2.75) is 0 Å². The molecule has 2 aromatic carbocycles. The Balaban J connectivity index is 1.99. The van der Waals surface area contributed by atoms with Crippen molar-refractivity contribution < 1.29 is 12.7 Å². The summed E-state index contributed by atoms with van der Waals surface area (Å²) < 4.78 is 26.1. The molecule has 2 aromatic rings. The van der Waals surface area contributed by atoms with Crippen LogP contribution in [0.2, 0.25) is 0 Å². The Morgan fingerprint density at radius 2 is 1.37 bits per heavy atom. The Labute approximate surface area is 112 Å². The van der Waals surface area contributed by atoms with Crippen molar-refractivity contribution in [1.82, 2.24) is 0 Å². The molecule has 0 spiro atoms. The van der Waals surface area contributed by atoms with Gasteiger partial charge in [-0.3, -0.25) is 0 Å². The van der Waals surface area contributed by atoms with E-state index in [-0.39, 0.29) is 0 Å². The first-order chi connectivity index (χ1) is 9.03. The Kier molecular flexibility index (Phi) is 4.03. The molecule has 0 atom stereocenters. The predicted octanol–water partition coefficient (Wildman–Crippen LogP) is 2.73. The largest absolute Gasteiger partial charge is 0.356 e. The zero-order valence-corrected chi connectivity index (χ0v) is 11.1. The normalized spacial score (nSPS) is 11.0. The molecule has 0 saturated heterocycles. The first-order valence-corrected chi connectivity index (χ1v) is 7.41. The van der Waals surface area contributed by atoms with Gasteiger partial charge in [0.05, 0.1) is 11.9 Å². The maximum Gasteiger partial charge on any atom is 0.284 e. The second kappa shape index (κ2) is 5.73. The summed E-state index contributed by atoms with van der Waals surface area (Å²) in [5.74, 6) is 0. The minimum atomic E-state index is -3.51. The van der Waals surface area contributed by atoms with Gasteiger partial charge in [0, 0.05) is 11.4 Å². The molecular weight excluding hydrogens is 264 g/mol. The van der Waals surface area contributed by atoms with Gasteiger partial charge in [-0.25, -0.2) is 5.48 Å². The standard InChI is InChI=1S/C13H14N2O3S/c1-19(16,17)18-15-13-9-7-12(8-10-13)14-11-5-3-2-4-6-11/h2-10,14-15H,1H3. The highest BCUT2D eigenvalue weighted by Crippen LogP contribution is 2.18. The lowest BCUT2D eigenvalue weighted by Crippen LogP contribution is -2.08. The lowest BCUT2D eigenvalue weighted by atomic mass is 10.2. The van der Waals surface area contributed by atoms with Crippen LogP contribution >= 0.6 is 0 Å². The third-order valence-electron chi connectivity index (χ3n) is 2.26. The van der Waals surface area contributed by atoms with E-state index >= 15 is 0 Å². The van der Waals surface area contributed by atoms with Crippen molar-refractivity contribution in [2.24, 2.45) is 0 Å². The number of para-hydroxylation sites is 1. The van der Waals surface area contributed by atoms with Gasteiger partial charge in [-0.2, -0.15) is 12.7 Å². The lowest BCUT2D eigenvalue weighted by Gasteiger charge is -2.08. The fourth-order valence-electron chi connectivity index (χ4n) is 1.43. The van der Waals surface area contributed by atoms with E-state index in [1.165, 1.54) is 0 Å². The number of benzene rings is 2. The molecule has 0 heterocycles. The van der Waals surface area contributed by atoms with Crippen LogP contribution < -0.4 is 10.8 Å². The second-order valence-corrected chi connectivity index (χ2v) is 5.53. The highest BCUT2D eigenvalue weighted by molar-refractivity contribution is 7.86. The van der Waals surface area contributed by atoms with Gasteiger partial charge in [-0.05, 0) is 36.4 Å². The van der Waals surface area contributed by atoms with Crippen LogP contribution in [0.4, 0.5) is 17.1 Å². The predicted molar refractivity (Wildman–Crippen MR) is 75.7 cm³/mol. The maximum atomic E-state index is 10.8. The van der Waals surface area contributed by atoms with E-state index < -0.39 is 10.1 Å². The number of hydrogen-bond donors (Lipinski definition) is 2. The summed E-state index contributed by atoms with van der Waals surface area (Å²) in [7, 11) is -3.51. The number of anilines is 3. The molecule has 5 nitrogen and oxygen atoms in total. The molecule has 2 N–H and O–H groups in total. The zero-order valence-electron chi connectivity index (χ0n) is 10.3. The van der Waals surface area contributed by atoms with Crippen molar-refractivity contribution in [2.75, 3.05) is 17.1 Å². The van der Waals surface area contributed by atoms with E-state index in [1.54, 1.807) is 12.1 Å². The van der Waals surface area contributed by atoms with Crippen molar-refractivity contribution in [3.8, 4) is 0 Å². The van der Waals surface area contributed by atoms with E-state index in [9.17, 15) is 8.42 Å². The Morgan fingerprint density at radius 1 is 0.842 bits per heavy atom. The minimum absolute atomic E-state index is 0.559. The highest BCUT2D eigenvalue weighted by Gasteiger charge is 2.01. The van der Waals surface area contributed by atoms with Gasteiger partial charge >= 0.3 is 0 Å². The summed E-state index contributed by atoms with van der Waals surface area (Å²) in [6.07, 6.45) is 0.978. The zero-order chi connectivity index (χ0) is 13.7. The molecule has 0 fully saturated rings. The summed E-state index contributed by atoms with van der Waals surface area (Å²) >= 11 is 0. The quantitative estimate of drug-likeness (QED) is 0.823. The van der Waals surface area contributed by atoms with E-state index in [0.29, 0.717) is 5.69 Å². The lowest BCUT2D eigenvalue weighted by molar-refractivity contribution is 0.396. The molecule has 2 rings (SSSR count). The maximum absolute atomic E-state index is 10.8. The summed E-state index contributed by atoms with van der Waals surface area (Å²) in [6, 6.07) is 16.8. The highest BCUT2D eigenvalue weighted by atomic mass is 32.2. The van der Waals surface area contributed by atoms with Crippen molar-refractivity contribution in [3.63, 3.8) is 0 Å². The molecule has 0 aliphatic carbocycles. The Hall–Kier alpha value is -2.05. The fraction of sp³-hybridized carbons (Fsp3) is 0.0769. The molecule has 0 unspecified atom stereocenters. The fourth-order valence-corrected chi connectivity index (χ4v) is 1.68. The molecule has 0 amide bonds. The third kappa shape index (κ3) is 4.61. The topological polar surface area (TPSA) is 67.4 Å². The summed E-state index contributed by atoms with van der Waals surface area (Å²) in [6.45, 7) is 0. The monoisotopic (exact) mass is 278 g/mol. The smallest absolute Gasteiger partial charge is 0.284 e. The van der Waals surface area contributed by atoms with Crippen LogP contribution in [0.1, 0.15) is 0 Å². The second-order valence-electron chi connectivity index (χ2n) is 3.96. The molecule has 0 aliphatic heterocycles. The molecule has 0 bridgehead atoms. The van der Waals surface area contributed by atoms with Crippen LogP contribution in [-0.2, 0) is 14.4 Å². The average molecular weight is 278 g/mol. The van der Waals surface area contributed by atoms with Crippen molar-refractivity contribution in [1.29, 1.82) is 0 Å². The molecule has 0 aliphatic rings. The third-order valence-corrected chi connectivity index (χ3v) is 2.64. The molecule has 19 heavy (non-hydrogen) atoms. The van der Waals surface area contributed by atoms with Gasteiger partial charge in [-0.1, -0.05) is 18.2 Å². The summed E-state index contributed by atoms with van der Waals surface area (Å²) in [5.41, 5.74) is 4.80. The van der Waals surface area contributed by atoms with Crippen LogP contribution in [0.5, 0.6) is 0 Å². The van der Waals surface area contributed by atoms with E-state index in [2.05, 4.69) is 15.1 Å². The number of rotatable bonds is 5. The first-order valence-electron chi connectivity index (χ1n) is 5.59. The van der Waals surface area contributed by atoms with Gasteiger partial charge in [0.25, 0.3) is 10.1 Å². The molecule has 6 heteroatoms. The molecule has 0 aromatic heterocycles. The van der Waals surface area contributed by atoms with Gasteiger partial charge in [0.2, 0.25) is 0 Å². The van der Waals surface area contributed by atoms with Crippen LogP contribution in [0.3, 0.4) is 0 Å². The Bertz CT molecular complexity index is 625. The van der Waals surface area contributed by atoms with Crippen molar-refractivity contribution >= 4 is 27.2 Å². The molecular formula is C13H14N2O3S. The van der Waals surface area contributed by atoms with Gasteiger partial charge in [0.1, 0.15) is 0 Å². The van der Waals surface area contributed by atoms with E-state index in [1.807, 2.05) is 42.5 Å². The van der Waals surface area contributed by atoms with Crippen molar-refractivity contribution in [3.05, 3.63) is 54.6 Å². The van der Waals surface area contributed by atoms with Gasteiger partial charge in [-0.15, -0.1) is 0 Å². The van der Waals surface area contributed by atoms with Crippen LogP contribution in [0, 0.1) is 0 Å². The number of hydrogen-bond acceptors (Lipinski definition) is 5.